The van der Waals surface area contributed by atoms with E-state index in [0.717, 1.165) is 11.3 Å². The van der Waals surface area contributed by atoms with Crippen LogP contribution < -0.4 is 4.72 Å². The topological polar surface area (TPSA) is 64.0 Å². The van der Waals surface area contributed by atoms with Crippen molar-refractivity contribution in [2.24, 2.45) is 0 Å². The molecular formula is C14H19N3O2S. The standard InChI is InChI=1S/C14H19N3O2S/c1-4-20(18,19)16-14-11(2)15-17(12(14)3)10-13-8-6-5-7-9-13/h5-9,16H,4,10H2,1-3H3. The van der Waals surface area contributed by atoms with Crippen molar-refractivity contribution in [1.82, 2.24) is 9.78 Å². The molecule has 0 fully saturated rings. The van der Waals surface area contributed by atoms with Crippen molar-refractivity contribution >= 4 is 15.7 Å². The summed E-state index contributed by atoms with van der Waals surface area (Å²) in [6, 6.07) is 9.95. The third-order valence-electron chi connectivity index (χ3n) is 3.19. The Hall–Kier alpha value is -1.82. The Morgan fingerprint density at radius 2 is 1.85 bits per heavy atom. The summed E-state index contributed by atoms with van der Waals surface area (Å²) in [6.45, 7) is 5.92. The molecule has 20 heavy (non-hydrogen) atoms. The molecule has 0 aliphatic rings. The molecule has 0 saturated heterocycles. The van der Waals surface area contributed by atoms with Crippen LogP contribution >= 0.6 is 0 Å². The van der Waals surface area contributed by atoms with Gasteiger partial charge in [-0.25, -0.2) is 8.42 Å². The van der Waals surface area contributed by atoms with E-state index in [4.69, 9.17) is 0 Å². The van der Waals surface area contributed by atoms with Crippen molar-refractivity contribution in [3.8, 4) is 0 Å². The normalized spacial score (nSPS) is 11.6. The fourth-order valence-corrected chi connectivity index (χ4v) is 2.73. The van der Waals surface area contributed by atoms with Gasteiger partial charge >= 0.3 is 0 Å². The molecule has 108 valence electrons. The lowest BCUT2D eigenvalue weighted by Crippen LogP contribution is -2.15. The predicted octanol–water partition coefficient (Wildman–Crippen LogP) is 2.31. The second-order valence-corrected chi connectivity index (χ2v) is 6.71. The third kappa shape index (κ3) is 3.19. The molecule has 0 aliphatic heterocycles. The van der Waals surface area contributed by atoms with E-state index < -0.39 is 10.0 Å². The van der Waals surface area contributed by atoms with Gasteiger partial charge in [-0.3, -0.25) is 9.40 Å². The zero-order valence-corrected chi connectivity index (χ0v) is 12.7. The summed E-state index contributed by atoms with van der Waals surface area (Å²) in [5.74, 6) is 0.0513. The van der Waals surface area contributed by atoms with Crippen molar-refractivity contribution < 1.29 is 8.42 Å². The second-order valence-electron chi connectivity index (χ2n) is 4.69. The molecule has 0 bridgehead atoms. The number of hydrogen-bond acceptors (Lipinski definition) is 3. The highest BCUT2D eigenvalue weighted by Gasteiger charge is 2.16. The molecule has 1 aromatic carbocycles. The van der Waals surface area contributed by atoms with E-state index in [-0.39, 0.29) is 5.75 Å². The van der Waals surface area contributed by atoms with Crippen molar-refractivity contribution in [3.05, 3.63) is 47.3 Å². The van der Waals surface area contributed by atoms with Gasteiger partial charge < -0.3 is 0 Å². The van der Waals surface area contributed by atoms with Crippen LogP contribution in [0.4, 0.5) is 5.69 Å². The quantitative estimate of drug-likeness (QED) is 0.920. The Balaban J connectivity index is 2.30. The van der Waals surface area contributed by atoms with Crippen LogP contribution in [-0.4, -0.2) is 24.0 Å². The van der Waals surface area contributed by atoms with Crippen molar-refractivity contribution in [2.75, 3.05) is 10.5 Å². The maximum Gasteiger partial charge on any atom is 0.232 e. The van der Waals surface area contributed by atoms with Gasteiger partial charge in [-0.2, -0.15) is 5.10 Å². The van der Waals surface area contributed by atoms with Gasteiger partial charge in [0.1, 0.15) is 0 Å². The van der Waals surface area contributed by atoms with Gasteiger partial charge in [-0.15, -0.1) is 0 Å². The fourth-order valence-electron chi connectivity index (χ4n) is 1.98. The predicted molar refractivity (Wildman–Crippen MR) is 80.3 cm³/mol. The maximum atomic E-state index is 11.7. The second kappa shape index (κ2) is 5.66. The van der Waals surface area contributed by atoms with Crippen molar-refractivity contribution in [3.63, 3.8) is 0 Å². The number of aryl methyl sites for hydroxylation is 1. The Kier molecular flexibility index (Phi) is 4.13. The van der Waals surface area contributed by atoms with E-state index in [1.54, 1.807) is 6.92 Å². The highest BCUT2D eigenvalue weighted by molar-refractivity contribution is 7.92. The molecule has 5 nitrogen and oxygen atoms in total. The Bertz CT molecular complexity index is 691. The summed E-state index contributed by atoms with van der Waals surface area (Å²) in [5.41, 5.74) is 3.23. The molecule has 0 atom stereocenters. The van der Waals surface area contributed by atoms with E-state index in [0.29, 0.717) is 17.9 Å². The van der Waals surface area contributed by atoms with E-state index in [2.05, 4.69) is 9.82 Å². The first-order valence-electron chi connectivity index (χ1n) is 6.51. The molecule has 0 spiro atoms. The lowest BCUT2D eigenvalue weighted by atomic mass is 10.2. The molecule has 2 rings (SSSR count). The first kappa shape index (κ1) is 14.6. The van der Waals surface area contributed by atoms with Gasteiger partial charge in [-0.05, 0) is 26.3 Å². The highest BCUT2D eigenvalue weighted by Crippen LogP contribution is 2.21. The van der Waals surface area contributed by atoms with E-state index in [1.807, 2.05) is 48.9 Å². The summed E-state index contributed by atoms with van der Waals surface area (Å²) in [4.78, 5) is 0. The molecule has 1 heterocycles. The van der Waals surface area contributed by atoms with Gasteiger partial charge in [0.25, 0.3) is 0 Å². The van der Waals surface area contributed by atoms with Crippen LogP contribution in [0.3, 0.4) is 0 Å². The first-order valence-corrected chi connectivity index (χ1v) is 8.16. The number of aromatic nitrogens is 2. The molecule has 0 unspecified atom stereocenters. The number of rotatable bonds is 5. The lowest BCUT2D eigenvalue weighted by Gasteiger charge is -2.07. The number of anilines is 1. The van der Waals surface area contributed by atoms with Crippen LogP contribution in [0.15, 0.2) is 30.3 Å². The van der Waals surface area contributed by atoms with Crippen LogP contribution in [0.5, 0.6) is 0 Å². The number of hydrogen-bond donors (Lipinski definition) is 1. The zero-order chi connectivity index (χ0) is 14.8. The summed E-state index contributed by atoms with van der Waals surface area (Å²) in [6.07, 6.45) is 0. The van der Waals surface area contributed by atoms with Crippen LogP contribution in [0.1, 0.15) is 23.9 Å². The minimum Gasteiger partial charge on any atom is -0.280 e. The average molecular weight is 293 g/mol. The molecule has 0 aliphatic carbocycles. The van der Waals surface area contributed by atoms with Crippen LogP contribution in [-0.2, 0) is 16.6 Å². The fraction of sp³-hybridized carbons (Fsp3) is 0.357. The smallest absolute Gasteiger partial charge is 0.232 e. The number of sulfonamides is 1. The monoisotopic (exact) mass is 293 g/mol. The van der Waals surface area contributed by atoms with Crippen LogP contribution in [0.2, 0.25) is 0 Å². The Morgan fingerprint density at radius 1 is 1.20 bits per heavy atom. The van der Waals surface area contributed by atoms with Gasteiger partial charge in [0, 0.05) is 0 Å². The third-order valence-corrected chi connectivity index (χ3v) is 4.47. The number of nitrogens with one attached hydrogen (secondary N) is 1. The number of nitrogens with zero attached hydrogens (tertiary/aromatic N) is 2. The molecule has 1 N–H and O–H groups in total. The van der Waals surface area contributed by atoms with Crippen LogP contribution in [0, 0.1) is 13.8 Å². The molecule has 6 heteroatoms. The van der Waals surface area contributed by atoms with Gasteiger partial charge in [0.2, 0.25) is 10.0 Å². The average Bonchev–Trinajstić information content (AvgIpc) is 2.67. The van der Waals surface area contributed by atoms with E-state index in [1.165, 1.54) is 0 Å². The summed E-state index contributed by atoms with van der Waals surface area (Å²) in [5, 5.41) is 4.41. The number of benzene rings is 1. The summed E-state index contributed by atoms with van der Waals surface area (Å²) in [7, 11) is -3.28. The first-order chi connectivity index (χ1) is 9.43. The van der Waals surface area contributed by atoms with Gasteiger partial charge in [0.15, 0.2) is 0 Å². The molecule has 0 radical (unpaired) electrons. The minimum absolute atomic E-state index is 0.0513. The van der Waals surface area contributed by atoms with E-state index in [9.17, 15) is 8.42 Å². The Labute approximate surface area is 119 Å². The van der Waals surface area contributed by atoms with Gasteiger partial charge in [-0.1, -0.05) is 30.3 Å². The molecular weight excluding hydrogens is 274 g/mol. The minimum atomic E-state index is -3.28. The molecule has 1 aromatic heterocycles. The maximum absolute atomic E-state index is 11.7. The molecule has 0 amide bonds. The largest absolute Gasteiger partial charge is 0.280 e. The van der Waals surface area contributed by atoms with Gasteiger partial charge in [0.05, 0.1) is 29.4 Å². The highest BCUT2D eigenvalue weighted by atomic mass is 32.2. The SMILES string of the molecule is CCS(=O)(=O)Nc1c(C)nn(Cc2ccccc2)c1C. The van der Waals surface area contributed by atoms with E-state index >= 15 is 0 Å². The summed E-state index contributed by atoms with van der Waals surface area (Å²) < 4.78 is 27.8. The molecule has 0 saturated carbocycles. The Morgan fingerprint density at radius 3 is 2.45 bits per heavy atom. The zero-order valence-electron chi connectivity index (χ0n) is 11.9. The van der Waals surface area contributed by atoms with Crippen molar-refractivity contribution in [2.45, 2.75) is 27.3 Å². The molecule has 2 aromatic rings. The summed E-state index contributed by atoms with van der Waals surface area (Å²) >= 11 is 0. The van der Waals surface area contributed by atoms with Crippen LogP contribution in [0.25, 0.3) is 0 Å². The lowest BCUT2D eigenvalue weighted by molar-refractivity contribution is 0.602. The van der Waals surface area contributed by atoms with Crippen molar-refractivity contribution in [1.29, 1.82) is 0 Å².